The molecule has 2 N–H and O–H groups in total. The number of nitrogens with zero attached hydrogens (tertiary/aromatic N) is 3. The summed E-state index contributed by atoms with van der Waals surface area (Å²) in [6.45, 7) is 2.07. The van der Waals surface area contributed by atoms with Gasteiger partial charge in [-0.25, -0.2) is 22.3 Å². The van der Waals surface area contributed by atoms with E-state index in [2.05, 4.69) is 15.0 Å². The van der Waals surface area contributed by atoms with Crippen LogP contribution in [0.25, 0.3) is 0 Å². The second-order valence-corrected chi connectivity index (χ2v) is 7.14. The van der Waals surface area contributed by atoms with E-state index in [1.807, 2.05) is 5.32 Å². The van der Waals surface area contributed by atoms with Crippen LogP contribution in [0.3, 0.4) is 0 Å². The summed E-state index contributed by atoms with van der Waals surface area (Å²) in [6, 6.07) is 2.44. The highest BCUT2D eigenvalue weighted by molar-refractivity contribution is 7.90. The molecule has 2 aromatic rings. The summed E-state index contributed by atoms with van der Waals surface area (Å²) in [5.41, 5.74) is -1.08. The Morgan fingerprint density at radius 2 is 1.86 bits per heavy atom. The van der Waals surface area contributed by atoms with Gasteiger partial charge in [-0.05, 0) is 19.9 Å². The van der Waals surface area contributed by atoms with E-state index in [1.54, 1.807) is 4.72 Å². The van der Waals surface area contributed by atoms with Gasteiger partial charge in [-0.3, -0.25) is 5.32 Å². The quantitative estimate of drug-likeness (QED) is 0.735. The SMILES string of the molecule is COc1nc(C)nc(NC(=O)NS(=O)(=O)c2ccccc2C(F)(F)C(C)F)n1. The Balaban J connectivity index is 2.30. The molecule has 1 aromatic carbocycles. The summed E-state index contributed by atoms with van der Waals surface area (Å²) in [4.78, 5) is 22.3. The minimum Gasteiger partial charge on any atom is -0.467 e. The fourth-order valence-corrected chi connectivity index (χ4v) is 3.26. The van der Waals surface area contributed by atoms with Crippen LogP contribution in [0.1, 0.15) is 18.3 Å². The number of anilines is 1. The maximum atomic E-state index is 14.1. The summed E-state index contributed by atoms with van der Waals surface area (Å²) in [5.74, 6) is -4.24. The highest BCUT2D eigenvalue weighted by Gasteiger charge is 2.43. The molecule has 152 valence electrons. The summed E-state index contributed by atoms with van der Waals surface area (Å²) >= 11 is 0. The van der Waals surface area contributed by atoms with E-state index in [1.165, 1.54) is 14.0 Å². The zero-order valence-electron chi connectivity index (χ0n) is 14.9. The molecule has 1 heterocycles. The standard InChI is InChI=1S/C15H16F3N5O4S/c1-8(16)15(17,18)10-6-4-5-7-11(10)28(25,26)23-13(24)21-12-19-9(2)20-14(22-12)27-3/h4-8H,1-3H3,(H2,19,20,21,22,23,24). The van der Waals surface area contributed by atoms with Gasteiger partial charge >= 0.3 is 18.0 Å². The molecule has 0 fully saturated rings. The Hall–Kier alpha value is -2.96. The Morgan fingerprint density at radius 1 is 1.21 bits per heavy atom. The maximum Gasteiger partial charge on any atom is 0.335 e. The van der Waals surface area contributed by atoms with Crippen molar-refractivity contribution in [2.24, 2.45) is 0 Å². The number of alkyl halides is 3. The van der Waals surface area contributed by atoms with Crippen molar-refractivity contribution < 1.29 is 31.1 Å². The van der Waals surface area contributed by atoms with Crippen molar-refractivity contribution in [1.29, 1.82) is 0 Å². The first-order valence-corrected chi connectivity index (χ1v) is 9.17. The van der Waals surface area contributed by atoms with E-state index in [4.69, 9.17) is 4.74 Å². The first-order valence-electron chi connectivity index (χ1n) is 7.69. The molecule has 1 unspecified atom stereocenters. The number of aromatic nitrogens is 3. The molecular weight excluding hydrogens is 403 g/mol. The summed E-state index contributed by atoms with van der Waals surface area (Å²) in [7, 11) is -3.49. The molecule has 0 saturated heterocycles. The molecule has 13 heteroatoms. The fourth-order valence-electron chi connectivity index (χ4n) is 2.10. The predicted octanol–water partition coefficient (Wildman–Crippen LogP) is 2.15. The zero-order chi connectivity index (χ0) is 21.1. The lowest BCUT2D eigenvalue weighted by molar-refractivity contribution is -0.0735. The van der Waals surface area contributed by atoms with Gasteiger partial charge in [0.1, 0.15) is 5.82 Å². The minimum atomic E-state index is -4.76. The van der Waals surface area contributed by atoms with Gasteiger partial charge in [0.05, 0.1) is 12.0 Å². The smallest absolute Gasteiger partial charge is 0.335 e. The lowest BCUT2D eigenvalue weighted by Gasteiger charge is -2.21. The first kappa shape index (κ1) is 21.3. The number of sulfonamides is 1. The molecule has 0 saturated carbocycles. The van der Waals surface area contributed by atoms with Crippen LogP contribution in [0.15, 0.2) is 29.2 Å². The number of aryl methyl sites for hydroxylation is 1. The number of hydrogen-bond donors (Lipinski definition) is 2. The molecule has 0 aliphatic heterocycles. The van der Waals surface area contributed by atoms with Crippen molar-refractivity contribution in [2.45, 2.75) is 30.8 Å². The van der Waals surface area contributed by atoms with Gasteiger partial charge in [0.15, 0.2) is 6.17 Å². The van der Waals surface area contributed by atoms with Crippen LogP contribution in [0, 0.1) is 6.92 Å². The predicted molar refractivity (Wildman–Crippen MR) is 91.4 cm³/mol. The number of urea groups is 1. The van der Waals surface area contributed by atoms with Crippen LogP contribution in [-0.2, 0) is 15.9 Å². The van der Waals surface area contributed by atoms with Gasteiger partial charge in [-0.2, -0.15) is 23.7 Å². The number of amides is 2. The highest BCUT2D eigenvalue weighted by Crippen LogP contribution is 2.37. The Morgan fingerprint density at radius 3 is 2.46 bits per heavy atom. The normalized spacial score (nSPS) is 12.9. The molecule has 1 aromatic heterocycles. The molecule has 0 aliphatic rings. The third-order valence-electron chi connectivity index (χ3n) is 3.40. The zero-order valence-corrected chi connectivity index (χ0v) is 15.7. The summed E-state index contributed by atoms with van der Waals surface area (Å²) < 4.78 is 72.6. The highest BCUT2D eigenvalue weighted by atomic mass is 32.2. The minimum absolute atomic E-state index is 0.132. The third-order valence-corrected chi connectivity index (χ3v) is 4.79. The second-order valence-electron chi connectivity index (χ2n) is 5.49. The van der Waals surface area contributed by atoms with Crippen molar-refractivity contribution in [3.8, 4) is 6.01 Å². The molecule has 2 rings (SSSR count). The topological polar surface area (TPSA) is 123 Å². The number of benzene rings is 1. The van der Waals surface area contributed by atoms with Crippen molar-refractivity contribution in [3.63, 3.8) is 0 Å². The van der Waals surface area contributed by atoms with E-state index in [-0.39, 0.29) is 17.8 Å². The number of nitrogens with one attached hydrogen (secondary N) is 2. The Kier molecular flexibility index (Phi) is 6.07. The van der Waals surface area contributed by atoms with Gasteiger partial charge in [-0.15, -0.1) is 0 Å². The molecule has 28 heavy (non-hydrogen) atoms. The number of rotatable bonds is 6. The second kappa shape index (κ2) is 7.96. The number of carbonyl (C=O) groups excluding carboxylic acids is 1. The van der Waals surface area contributed by atoms with E-state index in [0.717, 1.165) is 24.3 Å². The van der Waals surface area contributed by atoms with Gasteiger partial charge in [0.25, 0.3) is 10.0 Å². The Bertz CT molecular complexity index is 985. The summed E-state index contributed by atoms with van der Waals surface area (Å²) in [6.07, 6.45) is -2.65. The third kappa shape index (κ3) is 4.65. The average Bonchev–Trinajstić information content (AvgIpc) is 2.60. The lowest BCUT2D eigenvalue weighted by Crippen LogP contribution is -2.37. The average molecular weight is 419 g/mol. The van der Waals surface area contributed by atoms with Crippen LogP contribution < -0.4 is 14.8 Å². The Labute approximate surface area is 158 Å². The van der Waals surface area contributed by atoms with E-state index >= 15 is 0 Å². The molecule has 0 spiro atoms. The van der Waals surface area contributed by atoms with E-state index in [9.17, 15) is 26.4 Å². The van der Waals surface area contributed by atoms with Crippen LogP contribution in [-0.4, -0.2) is 42.7 Å². The van der Waals surface area contributed by atoms with E-state index in [0.29, 0.717) is 6.92 Å². The number of carbonyl (C=O) groups is 1. The fraction of sp³-hybridized carbons (Fsp3) is 0.333. The van der Waals surface area contributed by atoms with Gasteiger partial charge in [0.2, 0.25) is 5.95 Å². The van der Waals surface area contributed by atoms with Gasteiger partial charge in [-0.1, -0.05) is 18.2 Å². The van der Waals surface area contributed by atoms with Gasteiger partial charge < -0.3 is 4.74 Å². The number of methoxy groups -OCH3 is 1. The number of halogens is 3. The van der Waals surface area contributed by atoms with Crippen molar-refractivity contribution >= 4 is 22.0 Å². The van der Waals surface area contributed by atoms with Crippen LogP contribution in [0.4, 0.5) is 23.9 Å². The van der Waals surface area contributed by atoms with Crippen LogP contribution >= 0.6 is 0 Å². The monoisotopic (exact) mass is 419 g/mol. The largest absolute Gasteiger partial charge is 0.467 e. The van der Waals surface area contributed by atoms with Crippen molar-refractivity contribution in [2.75, 3.05) is 12.4 Å². The molecular formula is C15H16F3N5O4S. The molecule has 0 aliphatic carbocycles. The summed E-state index contributed by atoms with van der Waals surface area (Å²) in [5, 5.41) is 2.03. The molecule has 0 bridgehead atoms. The van der Waals surface area contributed by atoms with Crippen LogP contribution in [0.5, 0.6) is 6.01 Å². The molecule has 9 nitrogen and oxygen atoms in total. The first-order chi connectivity index (χ1) is 13.0. The molecule has 2 amide bonds. The van der Waals surface area contributed by atoms with Crippen molar-refractivity contribution in [3.05, 3.63) is 35.7 Å². The van der Waals surface area contributed by atoms with Crippen molar-refractivity contribution in [1.82, 2.24) is 19.7 Å². The van der Waals surface area contributed by atoms with E-state index < -0.39 is 38.6 Å². The number of hydrogen-bond acceptors (Lipinski definition) is 7. The van der Waals surface area contributed by atoms with Gasteiger partial charge in [0, 0.05) is 5.56 Å². The number of ether oxygens (including phenoxy) is 1. The molecule has 1 atom stereocenters. The molecule has 0 radical (unpaired) electrons. The van der Waals surface area contributed by atoms with Crippen LogP contribution in [0.2, 0.25) is 0 Å². The maximum absolute atomic E-state index is 14.1. The lowest BCUT2D eigenvalue weighted by atomic mass is 10.1.